The molecular weight excluding hydrogens is 298 g/mol. The van der Waals surface area contributed by atoms with Crippen molar-refractivity contribution < 1.29 is 0 Å². The smallest absolute Gasteiger partial charge is 0.147 e. The number of hydrogen-bond acceptors (Lipinski definition) is 5. The average Bonchev–Trinajstić information content (AvgIpc) is 3.03. The second-order valence-electron chi connectivity index (χ2n) is 6.97. The summed E-state index contributed by atoms with van der Waals surface area (Å²) in [4.78, 5) is 18.4. The van der Waals surface area contributed by atoms with Gasteiger partial charge in [-0.15, -0.1) is 0 Å². The van der Waals surface area contributed by atoms with E-state index < -0.39 is 0 Å². The van der Waals surface area contributed by atoms with Gasteiger partial charge in [-0.3, -0.25) is 14.9 Å². The average molecular weight is 323 g/mol. The van der Waals surface area contributed by atoms with Crippen LogP contribution in [0.5, 0.6) is 0 Å². The van der Waals surface area contributed by atoms with Gasteiger partial charge in [-0.25, -0.2) is 4.98 Å². The van der Waals surface area contributed by atoms with E-state index in [0.29, 0.717) is 6.04 Å². The number of piperidine rings is 1. The van der Waals surface area contributed by atoms with E-state index in [1.807, 2.05) is 6.20 Å². The minimum absolute atomic E-state index is 0.644. The van der Waals surface area contributed by atoms with E-state index in [9.17, 15) is 0 Å². The Morgan fingerprint density at radius 2 is 2.08 bits per heavy atom. The highest BCUT2D eigenvalue weighted by Gasteiger charge is 2.38. The molecule has 2 aliphatic heterocycles. The lowest BCUT2D eigenvalue weighted by Crippen LogP contribution is -2.48. The molecule has 126 valence electrons. The number of aryl methyl sites for hydroxylation is 1. The second kappa shape index (κ2) is 6.85. The van der Waals surface area contributed by atoms with Gasteiger partial charge in [0.2, 0.25) is 0 Å². The predicted octanol–water partition coefficient (Wildman–Crippen LogP) is 2.32. The van der Waals surface area contributed by atoms with Crippen LogP contribution >= 0.6 is 0 Å². The zero-order valence-corrected chi connectivity index (χ0v) is 14.3. The number of rotatable bonds is 4. The highest BCUT2D eigenvalue weighted by Crippen LogP contribution is 2.32. The molecule has 0 aromatic carbocycles. The molecule has 2 aliphatic rings. The fourth-order valence-electron chi connectivity index (χ4n) is 4.17. The van der Waals surface area contributed by atoms with Crippen molar-refractivity contribution in [2.75, 3.05) is 31.1 Å². The third kappa shape index (κ3) is 3.26. The molecule has 4 heterocycles. The summed E-state index contributed by atoms with van der Waals surface area (Å²) in [5.74, 6) is 1.85. The van der Waals surface area contributed by atoms with Gasteiger partial charge in [-0.2, -0.15) is 0 Å². The Labute approximate surface area is 143 Å². The summed E-state index contributed by atoms with van der Waals surface area (Å²) in [5.41, 5.74) is 2.32. The van der Waals surface area contributed by atoms with E-state index in [1.165, 1.54) is 25.1 Å². The number of pyridine rings is 1. The number of anilines is 1. The lowest BCUT2D eigenvalue weighted by molar-refractivity contribution is 0.209. The van der Waals surface area contributed by atoms with Gasteiger partial charge in [-0.05, 0) is 44.4 Å². The van der Waals surface area contributed by atoms with Gasteiger partial charge in [0.15, 0.2) is 0 Å². The van der Waals surface area contributed by atoms with Crippen LogP contribution in [0.15, 0.2) is 36.8 Å². The lowest BCUT2D eigenvalue weighted by Gasteiger charge is -2.39. The third-order valence-corrected chi connectivity index (χ3v) is 5.45. The summed E-state index contributed by atoms with van der Waals surface area (Å²) in [6.45, 7) is 6.56. The minimum atomic E-state index is 0.644. The maximum atomic E-state index is 4.65. The van der Waals surface area contributed by atoms with Gasteiger partial charge in [0.1, 0.15) is 5.82 Å². The van der Waals surface area contributed by atoms with Crippen molar-refractivity contribution >= 4 is 5.82 Å². The van der Waals surface area contributed by atoms with E-state index in [-0.39, 0.29) is 0 Å². The third-order valence-electron chi connectivity index (χ3n) is 5.45. The topological polar surface area (TPSA) is 45.2 Å². The molecule has 2 unspecified atom stereocenters. The van der Waals surface area contributed by atoms with Crippen LogP contribution in [0.1, 0.15) is 24.2 Å². The molecular formula is C19H25N5. The molecule has 5 nitrogen and oxygen atoms in total. The van der Waals surface area contributed by atoms with E-state index >= 15 is 0 Å². The van der Waals surface area contributed by atoms with E-state index in [0.717, 1.165) is 43.5 Å². The maximum absolute atomic E-state index is 4.65. The monoisotopic (exact) mass is 323 g/mol. The summed E-state index contributed by atoms with van der Waals surface area (Å²) in [5, 5.41) is 0. The molecule has 2 atom stereocenters. The summed E-state index contributed by atoms with van der Waals surface area (Å²) >= 11 is 0. The normalized spacial score (nSPS) is 24.1. The largest absolute Gasteiger partial charge is 0.354 e. The molecule has 2 aromatic rings. The quantitative estimate of drug-likeness (QED) is 0.864. The number of fused-ring (bicyclic) bond motifs is 1. The first-order valence-electron chi connectivity index (χ1n) is 8.97. The van der Waals surface area contributed by atoms with Crippen molar-refractivity contribution in [1.29, 1.82) is 0 Å². The van der Waals surface area contributed by atoms with Crippen molar-refractivity contribution in [3.8, 4) is 0 Å². The van der Waals surface area contributed by atoms with Crippen LogP contribution in [-0.4, -0.2) is 52.1 Å². The number of nitrogens with zero attached hydrogens (tertiary/aromatic N) is 5. The van der Waals surface area contributed by atoms with Gasteiger partial charge < -0.3 is 4.90 Å². The van der Waals surface area contributed by atoms with Crippen LogP contribution < -0.4 is 4.90 Å². The van der Waals surface area contributed by atoms with Crippen LogP contribution in [0.2, 0.25) is 0 Å². The number of hydrogen-bond donors (Lipinski definition) is 0. The molecule has 2 aromatic heterocycles. The fraction of sp³-hybridized carbons (Fsp3) is 0.526. The van der Waals surface area contributed by atoms with Gasteiger partial charge in [0.05, 0.1) is 6.20 Å². The summed E-state index contributed by atoms with van der Waals surface area (Å²) < 4.78 is 0. The van der Waals surface area contributed by atoms with Crippen LogP contribution in [0.25, 0.3) is 0 Å². The molecule has 0 bridgehead atoms. The second-order valence-corrected chi connectivity index (χ2v) is 6.97. The number of aromatic nitrogens is 3. The SMILES string of the molecule is Cc1cccc(CCN2CCC3CCN(c4cnccn4)CC32)n1. The highest BCUT2D eigenvalue weighted by atomic mass is 15.3. The van der Waals surface area contributed by atoms with Crippen LogP contribution in [0.3, 0.4) is 0 Å². The van der Waals surface area contributed by atoms with Crippen molar-refractivity contribution in [3.05, 3.63) is 48.2 Å². The standard InChI is InChI=1S/C19H25N5/c1-15-3-2-4-17(22-15)7-12-23-10-5-16-6-11-24(14-18(16)23)19-13-20-8-9-21-19/h2-4,8-9,13,16,18H,5-7,10-12,14H2,1H3. The Hall–Kier alpha value is -2.01. The molecule has 0 N–H and O–H groups in total. The van der Waals surface area contributed by atoms with E-state index in [4.69, 9.17) is 0 Å². The Morgan fingerprint density at radius 3 is 2.92 bits per heavy atom. The molecule has 5 heteroatoms. The molecule has 4 rings (SSSR count). The van der Waals surface area contributed by atoms with Crippen LogP contribution in [-0.2, 0) is 6.42 Å². The summed E-state index contributed by atoms with van der Waals surface area (Å²) in [6.07, 6.45) is 9.05. The van der Waals surface area contributed by atoms with Crippen molar-refractivity contribution in [1.82, 2.24) is 19.9 Å². The molecule has 0 aliphatic carbocycles. The Balaban J connectivity index is 1.40. The van der Waals surface area contributed by atoms with Crippen LogP contribution in [0.4, 0.5) is 5.82 Å². The van der Waals surface area contributed by atoms with E-state index in [2.05, 4.69) is 49.9 Å². The summed E-state index contributed by atoms with van der Waals surface area (Å²) in [6, 6.07) is 6.97. The van der Waals surface area contributed by atoms with Crippen molar-refractivity contribution in [2.45, 2.75) is 32.2 Å². The van der Waals surface area contributed by atoms with Gasteiger partial charge >= 0.3 is 0 Å². The zero-order chi connectivity index (χ0) is 16.4. The predicted molar refractivity (Wildman–Crippen MR) is 95.0 cm³/mol. The molecule has 0 radical (unpaired) electrons. The van der Waals surface area contributed by atoms with Gasteiger partial charge in [0.25, 0.3) is 0 Å². The Kier molecular flexibility index (Phi) is 4.43. The van der Waals surface area contributed by atoms with Gasteiger partial charge in [-0.1, -0.05) is 6.07 Å². The maximum Gasteiger partial charge on any atom is 0.147 e. The first-order valence-corrected chi connectivity index (χ1v) is 8.97. The fourth-order valence-corrected chi connectivity index (χ4v) is 4.17. The Bertz CT molecular complexity index is 674. The zero-order valence-electron chi connectivity index (χ0n) is 14.3. The highest BCUT2D eigenvalue weighted by molar-refractivity contribution is 5.36. The van der Waals surface area contributed by atoms with E-state index in [1.54, 1.807) is 12.4 Å². The molecule has 0 amide bonds. The molecule has 0 spiro atoms. The Morgan fingerprint density at radius 1 is 1.17 bits per heavy atom. The molecule has 2 fully saturated rings. The first kappa shape index (κ1) is 15.5. The molecule has 0 saturated carbocycles. The molecule has 2 saturated heterocycles. The van der Waals surface area contributed by atoms with Gasteiger partial charge in [0, 0.05) is 55.9 Å². The van der Waals surface area contributed by atoms with Crippen molar-refractivity contribution in [2.24, 2.45) is 5.92 Å². The first-order chi connectivity index (χ1) is 11.8. The van der Waals surface area contributed by atoms with Crippen molar-refractivity contribution in [3.63, 3.8) is 0 Å². The summed E-state index contributed by atoms with van der Waals surface area (Å²) in [7, 11) is 0. The molecule has 24 heavy (non-hydrogen) atoms. The lowest BCUT2D eigenvalue weighted by atomic mass is 9.92. The number of likely N-dealkylation sites (tertiary alicyclic amines) is 1. The van der Waals surface area contributed by atoms with Crippen LogP contribution in [0, 0.1) is 12.8 Å². The minimum Gasteiger partial charge on any atom is -0.354 e.